The van der Waals surface area contributed by atoms with E-state index in [1.807, 2.05) is 18.7 Å². The lowest BCUT2D eigenvalue weighted by Gasteiger charge is -2.18. The molecule has 1 saturated heterocycles. The first-order valence-corrected chi connectivity index (χ1v) is 9.81. The van der Waals surface area contributed by atoms with Crippen molar-refractivity contribution in [3.63, 3.8) is 0 Å². The summed E-state index contributed by atoms with van der Waals surface area (Å²) in [7, 11) is 0. The minimum atomic E-state index is 0.00748. The molecule has 9 heteroatoms. The lowest BCUT2D eigenvalue weighted by molar-refractivity contribution is 0.207. The van der Waals surface area contributed by atoms with Crippen LogP contribution in [0.15, 0.2) is 10.4 Å². The fourth-order valence-corrected chi connectivity index (χ4v) is 4.63. The molecule has 24 heavy (non-hydrogen) atoms. The molecule has 130 valence electrons. The topological polar surface area (TPSA) is 75.9 Å². The maximum Gasteiger partial charge on any atom is 0.317 e. The number of aromatic nitrogens is 4. The van der Waals surface area contributed by atoms with E-state index in [-0.39, 0.29) is 12.1 Å². The number of thioether (sulfide) groups is 1. The highest BCUT2D eigenvalue weighted by atomic mass is 32.2. The van der Waals surface area contributed by atoms with Crippen LogP contribution in [0.5, 0.6) is 0 Å². The molecule has 2 amide bonds. The van der Waals surface area contributed by atoms with Gasteiger partial charge < -0.3 is 10.2 Å². The summed E-state index contributed by atoms with van der Waals surface area (Å²) in [5.74, 6) is 0.801. The third kappa shape index (κ3) is 4.07. The van der Waals surface area contributed by atoms with Gasteiger partial charge in [-0.2, -0.15) is 5.10 Å². The van der Waals surface area contributed by atoms with Crippen LogP contribution in [-0.2, 0) is 0 Å². The minimum absolute atomic E-state index is 0.00748. The van der Waals surface area contributed by atoms with Crippen molar-refractivity contribution in [3.05, 3.63) is 22.5 Å². The van der Waals surface area contributed by atoms with Gasteiger partial charge in [-0.05, 0) is 33.3 Å². The lowest BCUT2D eigenvalue weighted by Crippen LogP contribution is -2.39. The van der Waals surface area contributed by atoms with Crippen LogP contribution in [0, 0.1) is 20.8 Å². The van der Waals surface area contributed by atoms with E-state index in [0.717, 1.165) is 46.0 Å². The Kier molecular flexibility index (Phi) is 5.40. The highest BCUT2D eigenvalue weighted by Gasteiger charge is 2.28. The van der Waals surface area contributed by atoms with Crippen molar-refractivity contribution in [1.82, 2.24) is 30.2 Å². The molecule has 1 aliphatic rings. The number of nitrogens with one attached hydrogen (secondary N) is 1. The highest BCUT2D eigenvalue weighted by Crippen LogP contribution is 2.23. The van der Waals surface area contributed by atoms with Crippen molar-refractivity contribution in [2.75, 3.05) is 25.4 Å². The van der Waals surface area contributed by atoms with Crippen LogP contribution in [0.25, 0.3) is 0 Å². The summed E-state index contributed by atoms with van der Waals surface area (Å²) < 4.78 is 3.00. The molecule has 1 aliphatic heterocycles. The number of amides is 2. The predicted octanol–water partition coefficient (Wildman–Crippen LogP) is 2.41. The van der Waals surface area contributed by atoms with Gasteiger partial charge in [0.05, 0.1) is 11.7 Å². The Morgan fingerprint density at radius 1 is 1.42 bits per heavy atom. The largest absolute Gasteiger partial charge is 0.337 e. The summed E-state index contributed by atoms with van der Waals surface area (Å²) in [6.07, 6.45) is 0.953. The summed E-state index contributed by atoms with van der Waals surface area (Å²) in [4.78, 5) is 14.2. The molecule has 0 aliphatic carbocycles. The first-order chi connectivity index (χ1) is 11.5. The molecular weight excluding hydrogens is 344 g/mol. The molecule has 1 atom stereocenters. The smallest absolute Gasteiger partial charge is 0.317 e. The summed E-state index contributed by atoms with van der Waals surface area (Å²) in [5, 5.41) is 16.5. The van der Waals surface area contributed by atoms with Crippen LogP contribution >= 0.6 is 23.1 Å². The Hall–Kier alpha value is -1.61. The van der Waals surface area contributed by atoms with Crippen molar-refractivity contribution in [1.29, 1.82) is 0 Å². The number of aryl methyl sites for hydroxylation is 3. The zero-order valence-electron chi connectivity index (χ0n) is 14.2. The van der Waals surface area contributed by atoms with E-state index in [1.54, 1.807) is 23.1 Å². The average Bonchev–Trinajstić information content (AvgIpc) is 3.24. The number of urea groups is 1. The molecule has 3 rings (SSSR count). The van der Waals surface area contributed by atoms with Gasteiger partial charge in [-0.25, -0.2) is 4.79 Å². The number of nitrogens with zero attached hydrogens (tertiary/aromatic N) is 5. The monoisotopic (exact) mass is 366 g/mol. The number of likely N-dealkylation sites (tertiary alicyclic amines) is 1. The molecular formula is C15H22N6OS2. The van der Waals surface area contributed by atoms with Gasteiger partial charge in [0.25, 0.3) is 0 Å². The molecule has 1 fully saturated rings. The van der Waals surface area contributed by atoms with E-state index in [2.05, 4.69) is 38.3 Å². The molecule has 7 nitrogen and oxygen atoms in total. The van der Waals surface area contributed by atoms with Gasteiger partial charge in [0.1, 0.15) is 5.01 Å². The van der Waals surface area contributed by atoms with Crippen LogP contribution in [0.4, 0.5) is 4.79 Å². The molecule has 3 heterocycles. The van der Waals surface area contributed by atoms with E-state index >= 15 is 0 Å². The van der Waals surface area contributed by atoms with Crippen LogP contribution in [0.2, 0.25) is 0 Å². The maximum absolute atomic E-state index is 12.3. The SMILES string of the molecule is Cc1cc(C)n(C2CCN(C(=O)NCCSc3nnc(C)s3)C2)n1. The molecule has 1 N–H and O–H groups in total. The maximum atomic E-state index is 12.3. The van der Waals surface area contributed by atoms with E-state index in [0.29, 0.717) is 6.54 Å². The number of carbonyl (C=O) groups is 1. The fraction of sp³-hybridized carbons (Fsp3) is 0.600. The van der Waals surface area contributed by atoms with E-state index < -0.39 is 0 Å². The van der Waals surface area contributed by atoms with E-state index in [9.17, 15) is 4.79 Å². The van der Waals surface area contributed by atoms with Gasteiger partial charge in [0.15, 0.2) is 4.34 Å². The summed E-state index contributed by atoms with van der Waals surface area (Å²) in [5.41, 5.74) is 2.18. The summed E-state index contributed by atoms with van der Waals surface area (Å²) in [6.45, 7) is 8.13. The predicted molar refractivity (Wildman–Crippen MR) is 95.7 cm³/mol. The van der Waals surface area contributed by atoms with Crippen LogP contribution in [0.1, 0.15) is 28.9 Å². The molecule has 0 aromatic carbocycles. The van der Waals surface area contributed by atoms with Gasteiger partial charge in [-0.3, -0.25) is 4.68 Å². The van der Waals surface area contributed by atoms with Crippen molar-refractivity contribution < 1.29 is 4.79 Å². The zero-order valence-corrected chi connectivity index (χ0v) is 15.8. The van der Waals surface area contributed by atoms with Gasteiger partial charge in [-0.15, -0.1) is 10.2 Å². The Bertz CT molecular complexity index is 713. The van der Waals surface area contributed by atoms with Crippen molar-refractivity contribution in [3.8, 4) is 0 Å². The minimum Gasteiger partial charge on any atom is -0.337 e. The van der Waals surface area contributed by atoms with Crippen LogP contribution in [-0.4, -0.2) is 56.3 Å². The second-order valence-corrected chi connectivity index (χ2v) is 8.45. The van der Waals surface area contributed by atoms with Gasteiger partial charge in [0.2, 0.25) is 0 Å². The molecule has 1 unspecified atom stereocenters. The quantitative estimate of drug-likeness (QED) is 0.650. The molecule has 2 aromatic heterocycles. The molecule has 2 aromatic rings. The van der Waals surface area contributed by atoms with E-state index in [4.69, 9.17) is 0 Å². The number of hydrogen-bond acceptors (Lipinski definition) is 6. The summed E-state index contributed by atoms with van der Waals surface area (Å²) >= 11 is 3.21. The Balaban J connectivity index is 1.42. The van der Waals surface area contributed by atoms with Crippen molar-refractivity contribution in [2.24, 2.45) is 0 Å². The highest BCUT2D eigenvalue weighted by molar-refractivity contribution is 8.01. The average molecular weight is 367 g/mol. The van der Waals surface area contributed by atoms with E-state index in [1.165, 1.54) is 0 Å². The third-order valence-corrected chi connectivity index (χ3v) is 5.93. The molecule has 0 radical (unpaired) electrons. The van der Waals surface area contributed by atoms with Crippen LogP contribution in [0.3, 0.4) is 0 Å². The van der Waals surface area contributed by atoms with Crippen LogP contribution < -0.4 is 5.32 Å². The molecule has 0 saturated carbocycles. The second-order valence-electron chi connectivity index (χ2n) is 5.93. The second kappa shape index (κ2) is 7.52. The first-order valence-electron chi connectivity index (χ1n) is 8.01. The van der Waals surface area contributed by atoms with Gasteiger partial charge in [0, 0.05) is 31.1 Å². The first kappa shape index (κ1) is 17.2. The third-order valence-electron chi connectivity index (χ3n) is 3.95. The lowest BCUT2D eigenvalue weighted by atomic mass is 10.2. The Morgan fingerprint density at radius 2 is 2.25 bits per heavy atom. The van der Waals surface area contributed by atoms with Crippen molar-refractivity contribution in [2.45, 2.75) is 37.6 Å². The fourth-order valence-electron chi connectivity index (χ4n) is 2.89. The van der Waals surface area contributed by atoms with Gasteiger partial charge in [-0.1, -0.05) is 23.1 Å². The molecule has 0 bridgehead atoms. The number of rotatable bonds is 5. The Morgan fingerprint density at radius 3 is 2.92 bits per heavy atom. The van der Waals surface area contributed by atoms with Crippen molar-refractivity contribution >= 4 is 29.1 Å². The normalized spacial score (nSPS) is 17.5. The number of hydrogen-bond donors (Lipinski definition) is 1. The summed E-state index contributed by atoms with van der Waals surface area (Å²) in [6, 6.07) is 2.37. The Labute approximate surface area is 149 Å². The standard InChI is InChI=1S/C15H22N6OS2/c1-10-8-11(2)21(19-10)13-4-6-20(9-13)14(22)16-5-7-23-15-18-17-12(3)24-15/h8,13H,4-7,9H2,1-3H3,(H,16,22). The van der Waals surface area contributed by atoms with Gasteiger partial charge >= 0.3 is 6.03 Å². The zero-order chi connectivity index (χ0) is 17.1. The number of carbonyl (C=O) groups excluding carboxylic acids is 1. The molecule has 0 spiro atoms.